The average molecular weight is 512 g/mol. The first-order chi connectivity index (χ1) is 16.8. The monoisotopic (exact) mass is 511 g/mol. The fourth-order valence-corrected chi connectivity index (χ4v) is 6.99. The van der Waals surface area contributed by atoms with Gasteiger partial charge in [-0.15, -0.1) is 0 Å². The van der Waals surface area contributed by atoms with Gasteiger partial charge >= 0.3 is 0 Å². The maximum absolute atomic E-state index is 13.4. The van der Waals surface area contributed by atoms with Crippen LogP contribution in [0, 0.1) is 0 Å². The first-order valence-corrected chi connectivity index (χ1v) is 13.7. The lowest BCUT2D eigenvalue weighted by Crippen LogP contribution is -2.59. The summed E-state index contributed by atoms with van der Waals surface area (Å²) in [6, 6.07) is 15.0. The van der Waals surface area contributed by atoms with Gasteiger partial charge in [-0.2, -0.15) is 4.31 Å². The van der Waals surface area contributed by atoms with E-state index < -0.39 is 15.6 Å². The second-order valence-corrected chi connectivity index (χ2v) is 12.0. The zero-order valence-electron chi connectivity index (χ0n) is 19.2. The number of pyridine rings is 1. The number of amides is 1. The summed E-state index contributed by atoms with van der Waals surface area (Å²) >= 11 is 6.58. The number of piperidine rings is 1. The Kier molecular flexibility index (Phi) is 5.60. The van der Waals surface area contributed by atoms with E-state index in [4.69, 9.17) is 16.3 Å². The molecular weight excluding hydrogens is 486 g/mol. The summed E-state index contributed by atoms with van der Waals surface area (Å²) in [5.41, 5.74) is 2.05. The van der Waals surface area contributed by atoms with Gasteiger partial charge in [0.2, 0.25) is 15.9 Å². The van der Waals surface area contributed by atoms with E-state index in [1.807, 2.05) is 35.2 Å². The zero-order valence-corrected chi connectivity index (χ0v) is 20.8. The van der Waals surface area contributed by atoms with Crippen molar-refractivity contribution in [1.82, 2.24) is 14.2 Å². The lowest BCUT2D eigenvalue weighted by atomic mass is 9.90. The van der Waals surface area contributed by atoms with Crippen molar-refractivity contribution in [2.45, 2.75) is 42.2 Å². The molecule has 1 spiro atoms. The summed E-state index contributed by atoms with van der Waals surface area (Å²) in [5.74, 6) is 0.0464. The predicted octanol–water partition coefficient (Wildman–Crippen LogP) is 4.10. The molecule has 2 aliphatic heterocycles. The van der Waals surface area contributed by atoms with Crippen LogP contribution >= 0.6 is 11.6 Å². The standard InChI is InChI=1S/C26H26ClN3O4S/c27-23-15-21(7-8-22(23)19-4-3-18-2-1-11-28-24(18)14-19)35(32,33)29-12-9-26(10-13-29)17-30(20-5-6-20)25(31)16-34-26/h1-4,7-8,11,14-15,20H,5-6,9-10,12-13,16-17H2. The van der Waals surface area contributed by atoms with Gasteiger partial charge in [-0.05, 0) is 55.5 Å². The van der Waals surface area contributed by atoms with E-state index in [2.05, 4.69) is 4.98 Å². The average Bonchev–Trinajstić information content (AvgIpc) is 3.71. The van der Waals surface area contributed by atoms with Crippen molar-refractivity contribution in [1.29, 1.82) is 0 Å². The number of rotatable bonds is 4. The van der Waals surface area contributed by atoms with Crippen LogP contribution in [0.2, 0.25) is 5.02 Å². The van der Waals surface area contributed by atoms with Gasteiger partial charge in [-0.1, -0.05) is 35.9 Å². The topological polar surface area (TPSA) is 79.8 Å². The maximum Gasteiger partial charge on any atom is 0.248 e. The minimum Gasteiger partial charge on any atom is -0.363 e. The van der Waals surface area contributed by atoms with Gasteiger partial charge in [0.1, 0.15) is 6.61 Å². The molecule has 182 valence electrons. The Bertz CT molecular complexity index is 1420. The lowest BCUT2D eigenvalue weighted by molar-refractivity contribution is -0.170. The van der Waals surface area contributed by atoms with Crippen molar-refractivity contribution in [2.24, 2.45) is 0 Å². The Morgan fingerprint density at radius 1 is 1.06 bits per heavy atom. The molecule has 0 atom stereocenters. The first-order valence-electron chi connectivity index (χ1n) is 11.9. The van der Waals surface area contributed by atoms with Gasteiger partial charge in [0.25, 0.3) is 0 Å². The number of benzene rings is 2. The number of hydrogen-bond donors (Lipinski definition) is 0. The molecule has 3 heterocycles. The van der Waals surface area contributed by atoms with Crippen LogP contribution in [0.5, 0.6) is 0 Å². The van der Waals surface area contributed by atoms with Crippen molar-refractivity contribution >= 4 is 38.4 Å². The maximum atomic E-state index is 13.4. The summed E-state index contributed by atoms with van der Waals surface area (Å²) in [4.78, 5) is 18.7. The quantitative estimate of drug-likeness (QED) is 0.527. The molecule has 3 aromatic rings. The highest BCUT2D eigenvalue weighted by Gasteiger charge is 2.47. The molecule has 0 bridgehead atoms. The van der Waals surface area contributed by atoms with Crippen LogP contribution < -0.4 is 0 Å². The molecule has 9 heteroatoms. The van der Waals surface area contributed by atoms with Crippen molar-refractivity contribution in [2.75, 3.05) is 26.2 Å². The molecule has 3 fully saturated rings. The van der Waals surface area contributed by atoms with Gasteiger partial charge in [0, 0.05) is 41.3 Å². The van der Waals surface area contributed by atoms with Crippen LogP contribution in [-0.2, 0) is 19.6 Å². The van der Waals surface area contributed by atoms with Crippen LogP contribution in [0.3, 0.4) is 0 Å². The molecule has 3 aliphatic rings. The molecule has 1 amide bonds. The molecule has 1 aliphatic carbocycles. The molecule has 7 nitrogen and oxygen atoms in total. The van der Waals surface area contributed by atoms with Gasteiger partial charge in [-0.25, -0.2) is 8.42 Å². The van der Waals surface area contributed by atoms with Crippen LogP contribution in [-0.4, -0.2) is 66.4 Å². The van der Waals surface area contributed by atoms with Crippen LogP contribution in [0.1, 0.15) is 25.7 Å². The summed E-state index contributed by atoms with van der Waals surface area (Å²) in [6.45, 7) is 1.35. The van der Waals surface area contributed by atoms with Crippen LogP contribution in [0.25, 0.3) is 22.0 Å². The van der Waals surface area contributed by atoms with E-state index in [1.54, 1.807) is 18.3 Å². The Morgan fingerprint density at radius 3 is 2.60 bits per heavy atom. The fraction of sp³-hybridized carbons (Fsp3) is 0.385. The number of carbonyl (C=O) groups is 1. The van der Waals surface area contributed by atoms with E-state index in [0.29, 0.717) is 43.5 Å². The summed E-state index contributed by atoms with van der Waals surface area (Å²) in [7, 11) is -3.70. The third-order valence-corrected chi connectivity index (χ3v) is 9.60. The minimum atomic E-state index is -3.70. The molecule has 35 heavy (non-hydrogen) atoms. The number of aromatic nitrogens is 1. The Morgan fingerprint density at radius 2 is 1.86 bits per heavy atom. The highest BCUT2D eigenvalue weighted by atomic mass is 35.5. The van der Waals surface area contributed by atoms with Gasteiger partial charge in [0.15, 0.2) is 0 Å². The summed E-state index contributed by atoms with van der Waals surface area (Å²) in [6.07, 6.45) is 4.98. The minimum absolute atomic E-state index is 0.0464. The molecule has 0 radical (unpaired) electrons. The van der Waals surface area contributed by atoms with E-state index in [1.165, 1.54) is 10.4 Å². The van der Waals surface area contributed by atoms with Crippen molar-refractivity contribution in [3.63, 3.8) is 0 Å². The number of halogens is 1. The SMILES string of the molecule is O=C1COC2(CCN(S(=O)(=O)c3ccc(-c4ccc5cccnc5c4)c(Cl)c3)CC2)CN1C1CC1. The second kappa shape index (κ2) is 8.55. The normalized spacial score (nSPS) is 21.1. The summed E-state index contributed by atoms with van der Waals surface area (Å²) < 4.78 is 34.3. The van der Waals surface area contributed by atoms with Gasteiger partial charge in [-0.3, -0.25) is 9.78 Å². The number of sulfonamides is 1. The highest BCUT2D eigenvalue weighted by Crippen LogP contribution is 2.38. The predicted molar refractivity (Wildman–Crippen MR) is 134 cm³/mol. The highest BCUT2D eigenvalue weighted by molar-refractivity contribution is 7.89. The second-order valence-electron chi connectivity index (χ2n) is 9.68. The van der Waals surface area contributed by atoms with Gasteiger partial charge in [0.05, 0.1) is 22.6 Å². The van der Waals surface area contributed by atoms with Crippen molar-refractivity contribution < 1.29 is 17.9 Å². The first kappa shape index (κ1) is 22.9. The lowest BCUT2D eigenvalue weighted by Gasteiger charge is -2.46. The molecule has 2 aromatic carbocycles. The van der Waals surface area contributed by atoms with E-state index >= 15 is 0 Å². The van der Waals surface area contributed by atoms with E-state index in [0.717, 1.165) is 34.9 Å². The summed E-state index contributed by atoms with van der Waals surface area (Å²) in [5, 5.41) is 1.41. The Balaban J connectivity index is 1.20. The van der Waals surface area contributed by atoms with Gasteiger partial charge < -0.3 is 9.64 Å². The van der Waals surface area contributed by atoms with E-state index in [9.17, 15) is 13.2 Å². The van der Waals surface area contributed by atoms with Crippen LogP contribution in [0.4, 0.5) is 0 Å². The van der Waals surface area contributed by atoms with Crippen molar-refractivity contribution in [3.8, 4) is 11.1 Å². The Labute approximate surface area is 209 Å². The molecule has 1 saturated carbocycles. The molecule has 6 rings (SSSR count). The number of ether oxygens (including phenoxy) is 1. The zero-order chi connectivity index (χ0) is 24.2. The smallest absolute Gasteiger partial charge is 0.248 e. The molecule has 0 N–H and O–H groups in total. The van der Waals surface area contributed by atoms with Crippen molar-refractivity contribution in [3.05, 3.63) is 59.8 Å². The number of morpholine rings is 1. The molecule has 1 aromatic heterocycles. The molecular formula is C26H26ClN3O4S. The number of carbonyl (C=O) groups excluding carboxylic acids is 1. The molecule has 0 unspecified atom stereocenters. The van der Waals surface area contributed by atoms with E-state index in [-0.39, 0.29) is 17.4 Å². The fourth-order valence-electron chi connectivity index (χ4n) is 5.17. The molecule has 2 saturated heterocycles. The largest absolute Gasteiger partial charge is 0.363 e. The third kappa shape index (κ3) is 4.22. The van der Waals surface area contributed by atoms with Crippen LogP contribution in [0.15, 0.2) is 59.6 Å². The number of nitrogens with zero attached hydrogens (tertiary/aromatic N) is 3. The third-order valence-electron chi connectivity index (χ3n) is 7.40. The Hall–Kier alpha value is -2.52. The number of hydrogen-bond acceptors (Lipinski definition) is 5. The number of fused-ring (bicyclic) bond motifs is 1.